The number of carbonyl (C=O) groups is 2. The third-order valence-electron chi connectivity index (χ3n) is 6.59. The summed E-state index contributed by atoms with van der Waals surface area (Å²) in [5.74, 6) is -1.28. The Morgan fingerprint density at radius 1 is 1.15 bits per heavy atom. The summed E-state index contributed by atoms with van der Waals surface area (Å²) >= 11 is 1.41. The maximum Gasteiger partial charge on any atom is 0.339 e. The first-order valence-electron chi connectivity index (χ1n) is 11.7. The Morgan fingerprint density at radius 2 is 1.88 bits per heavy atom. The molecule has 6 nitrogen and oxygen atoms in total. The van der Waals surface area contributed by atoms with Crippen molar-refractivity contribution < 1.29 is 19.4 Å². The first-order chi connectivity index (χ1) is 15.6. The van der Waals surface area contributed by atoms with Crippen molar-refractivity contribution in [1.82, 2.24) is 0 Å². The largest absolute Gasteiger partial charge is 0.478 e. The highest BCUT2D eigenvalue weighted by Crippen LogP contribution is 2.52. The Balaban J connectivity index is 1.49. The lowest BCUT2D eigenvalue weighted by atomic mass is 9.65. The number of anilines is 2. The molecule has 4 rings (SSSR count). The number of carboxylic acid groups (broad SMARTS) is 1. The quantitative estimate of drug-likeness (QED) is 0.487. The van der Waals surface area contributed by atoms with Gasteiger partial charge in [-0.25, -0.2) is 4.79 Å². The van der Waals surface area contributed by atoms with Crippen molar-refractivity contribution in [1.29, 1.82) is 0 Å². The van der Waals surface area contributed by atoms with Gasteiger partial charge >= 0.3 is 5.97 Å². The molecule has 1 fully saturated rings. The lowest BCUT2D eigenvalue weighted by Crippen LogP contribution is -2.34. The Bertz CT molecular complexity index is 1030. The van der Waals surface area contributed by atoms with E-state index in [2.05, 4.69) is 38.3 Å². The number of hydrogen-bond acceptors (Lipinski definition) is 5. The number of carboxylic acids is 1. The number of benzene rings is 1. The van der Waals surface area contributed by atoms with E-state index in [1.165, 1.54) is 17.8 Å². The van der Waals surface area contributed by atoms with Crippen LogP contribution in [-0.4, -0.2) is 36.2 Å². The molecule has 1 aliphatic carbocycles. The Labute approximate surface area is 199 Å². The third kappa shape index (κ3) is 5.25. The summed E-state index contributed by atoms with van der Waals surface area (Å²) in [5, 5.41) is 16.7. The van der Waals surface area contributed by atoms with Crippen molar-refractivity contribution in [2.45, 2.75) is 71.3 Å². The lowest BCUT2D eigenvalue weighted by Gasteiger charge is -2.40. The summed E-state index contributed by atoms with van der Waals surface area (Å²) in [5.41, 5.74) is 2.42. The van der Waals surface area contributed by atoms with Crippen LogP contribution < -0.4 is 10.6 Å². The average molecular weight is 471 g/mol. The highest BCUT2D eigenvalue weighted by Gasteiger charge is 2.42. The highest BCUT2D eigenvalue weighted by molar-refractivity contribution is 7.17. The van der Waals surface area contributed by atoms with E-state index in [-0.39, 0.29) is 28.4 Å². The first kappa shape index (κ1) is 23.8. The standard InChI is InChI=1S/C26H34N2O4S/c1-25(2)13-19-20(24(30)31)23(33-21(19)26(3,4)15-25)28-22(29)16-8-10-17(11-9-16)27-14-18-7-5-6-12-32-18/h8-11,18,27H,5-7,12-15H2,1-4H3,(H,28,29)(H,30,31). The van der Waals surface area contributed by atoms with E-state index in [0.717, 1.165) is 48.5 Å². The predicted molar refractivity (Wildman–Crippen MR) is 133 cm³/mol. The molecule has 2 heterocycles. The van der Waals surface area contributed by atoms with Gasteiger partial charge in [-0.3, -0.25) is 4.79 Å². The molecule has 1 atom stereocenters. The highest BCUT2D eigenvalue weighted by atomic mass is 32.1. The molecule has 1 aliphatic heterocycles. The van der Waals surface area contributed by atoms with E-state index >= 15 is 0 Å². The maximum atomic E-state index is 13.0. The minimum Gasteiger partial charge on any atom is -0.478 e. The smallest absolute Gasteiger partial charge is 0.339 e. The van der Waals surface area contributed by atoms with E-state index in [4.69, 9.17) is 4.74 Å². The molecule has 33 heavy (non-hydrogen) atoms. The zero-order valence-electron chi connectivity index (χ0n) is 19.9. The van der Waals surface area contributed by atoms with Gasteiger partial charge in [0, 0.05) is 29.3 Å². The maximum absolute atomic E-state index is 13.0. The zero-order valence-corrected chi connectivity index (χ0v) is 20.7. The SMILES string of the molecule is CC1(C)Cc2c(sc(NC(=O)c3ccc(NCC4CCCCO4)cc3)c2C(=O)O)C(C)(C)C1. The van der Waals surface area contributed by atoms with Gasteiger partial charge in [0.2, 0.25) is 0 Å². The van der Waals surface area contributed by atoms with E-state index in [1.54, 1.807) is 12.1 Å². The van der Waals surface area contributed by atoms with Crippen LogP contribution in [-0.2, 0) is 16.6 Å². The molecule has 2 aromatic rings. The Hall–Kier alpha value is -2.38. The van der Waals surface area contributed by atoms with Crippen LogP contribution in [0.4, 0.5) is 10.7 Å². The minimum absolute atomic E-state index is 0.00848. The molecule has 0 saturated carbocycles. The van der Waals surface area contributed by atoms with E-state index < -0.39 is 5.97 Å². The fraction of sp³-hybridized carbons (Fsp3) is 0.538. The van der Waals surface area contributed by atoms with Gasteiger partial charge in [0.15, 0.2) is 0 Å². The molecule has 1 unspecified atom stereocenters. The van der Waals surface area contributed by atoms with E-state index in [1.807, 2.05) is 12.1 Å². The molecule has 178 valence electrons. The monoisotopic (exact) mass is 470 g/mol. The topological polar surface area (TPSA) is 87.7 Å². The lowest BCUT2D eigenvalue weighted by molar-refractivity contribution is 0.0247. The summed E-state index contributed by atoms with van der Waals surface area (Å²) in [6.07, 6.45) is 5.30. The van der Waals surface area contributed by atoms with Crippen molar-refractivity contribution in [2.75, 3.05) is 23.8 Å². The number of rotatable bonds is 6. The summed E-state index contributed by atoms with van der Waals surface area (Å²) in [7, 11) is 0. The van der Waals surface area contributed by atoms with Crippen LogP contribution in [0, 0.1) is 5.41 Å². The molecule has 0 radical (unpaired) electrons. The second-order valence-corrected chi connectivity index (χ2v) is 11.7. The molecule has 3 N–H and O–H groups in total. The molecular weight excluding hydrogens is 436 g/mol. The first-order valence-corrected chi connectivity index (χ1v) is 12.5. The van der Waals surface area contributed by atoms with Crippen LogP contribution in [0.25, 0.3) is 0 Å². The van der Waals surface area contributed by atoms with Gasteiger partial charge < -0.3 is 20.5 Å². The molecule has 7 heteroatoms. The van der Waals surface area contributed by atoms with Crippen LogP contribution in [0.3, 0.4) is 0 Å². The van der Waals surface area contributed by atoms with Gasteiger partial charge in [0.1, 0.15) is 5.00 Å². The molecule has 1 saturated heterocycles. The van der Waals surface area contributed by atoms with Crippen LogP contribution in [0.15, 0.2) is 24.3 Å². The van der Waals surface area contributed by atoms with Crippen LogP contribution in [0.2, 0.25) is 0 Å². The summed E-state index contributed by atoms with van der Waals surface area (Å²) in [6.45, 7) is 10.2. The number of carbonyl (C=O) groups excluding carboxylic acids is 1. The molecule has 1 aromatic carbocycles. The van der Waals surface area contributed by atoms with Crippen LogP contribution in [0.5, 0.6) is 0 Å². The van der Waals surface area contributed by atoms with Gasteiger partial charge in [-0.1, -0.05) is 27.7 Å². The van der Waals surface area contributed by atoms with Crippen molar-refractivity contribution >= 4 is 33.9 Å². The number of aromatic carboxylic acids is 1. The number of hydrogen-bond donors (Lipinski definition) is 3. The molecule has 1 aromatic heterocycles. The van der Waals surface area contributed by atoms with Crippen LogP contribution in [0.1, 0.15) is 84.5 Å². The number of ether oxygens (including phenoxy) is 1. The Kier molecular flexibility index (Phi) is 6.56. The van der Waals surface area contributed by atoms with Crippen molar-refractivity contribution in [3.63, 3.8) is 0 Å². The van der Waals surface area contributed by atoms with Crippen molar-refractivity contribution in [2.24, 2.45) is 5.41 Å². The average Bonchev–Trinajstić information content (AvgIpc) is 3.10. The second kappa shape index (κ2) is 9.11. The molecule has 1 amide bonds. The van der Waals surface area contributed by atoms with E-state index in [9.17, 15) is 14.7 Å². The molecule has 0 spiro atoms. The van der Waals surface area contributed by atoms with Gasteiger partial charge in [-0.15, -0.1) is 11.3 Å². The fourth-order valence-electron chi connectivity index (χ4n) is 5.43. The summed E-state index contributed by atoms with van der Waals surface area (Å²) in [4.78, 5) is 26.2. The van der Waals surface area contributed by atoms with Crippen LogP contribution >= 0.6 is 11.3 Å². The van der Waals surface area contributed by atoms with E-state index in [0.29, 0.717) is 17.0 Å². The van der Waals surface area contributed by atoms with Crippen molar-refractivity contribution in [3.05, 3.63) is 45.8 Å². The molecule has 2 aliphatic rings. The number of fused-ring (bicyclic) bond motifs is 1. The summed E-state index contributed by atoms with van der Waals surface area (Å²) in [6, 6.07) is 7.28. The normalized spacial score (nSPS) is 21.2. The van der Waals surface area contributed by atoms with Gasteiger partial charge in [0.05, 0.1) is 11.7 Å². The number of nitrogens with one attached hydrogen (secondary N) is 2. The van der Waals surface area contributed by atoms with Gasteiger partial charge in [-0.05, 0) is 72.8 Å². The van der Waals surface area contributed by atoms with Gasteiger partial charge in [-0.2, -0.15) is 0 Å². The second-order valence-electron chi connectivity index (χ2n) is 10.7. The number of amides is 1. The summed E-state index contributed by atoms with van der Waals surface area (Å²) < 4.78 is 5.75. The predicted octanol–water partition coefficient (Wildman–Crippen LogP) is 5.93. The fourth-order valence-corrected chi connectivity index (χ4v) is 6.73. The number of thiophene rings is 1. The minimum atomic E-state index is -0.985. The third-order valence-corrected chi connectivity index (χ3v) is 8.11. The zero-order chi connectivity index (χ0) is 23.8. The molecule has 0 bridgehead atoms. The van der Waals surface area contributed by atoms with Gasteiger partial charge in [0.25, 0.3) is 5.91 Å². The van der Waals surface area contributed by atoms with Crippen molar-refractivity contribution in [3.8, 4) is 0 Å². The molecular formula is C26H34N2O4S. The Morgan fingerprint density at radius 3 is 2.52 bits per heavy atom.